The number of hydrogen-bond acceptors (Lipinski definition) is 7. The van der Waals surface area contributed by atoms with Gasteiger partial charge < -0.3 is 14.8 Å². The van der Waals surface area contributed by atoms with Gasteiger partial charge in [-0.3, -0.25) is 9.69 Å². The lowest BCUT2D eigenvalue weighted by atomic mass is 10.1. The molecule has 1 aliphatic rings. The summed E-state index contributed by atoms with van der Waals surface area (Å²) in [5, 5.41) is 3.23. The van der Waals surface area contributed by atoms with Crippen molar-refractivity contribution in [3.05, 3.63) is 66.5 Å². The van der Waals surface area contributed by atoms with E-state index in [1.165, 1.54) is 12.7 Å². The fourth-order valence-electron chi connectivity index (χ4n) is 3.74. The van der Waals surface area contributed by atoms with Crippen molar-refractivity contribution in [3.63, 3.8) is 0 Å². The molecule has 7 heteroatoms. The van der Waals surface area contributed by atoms with E-state index in [-0.39, 0.29) is 11.9 Å². The quantitative estimate of drug-likeness (QED) is 0.583. The summed E-state index contributed by atoms with van der Waals surface area (Å²) in [6.07, 6.45) is 4.46. The number of aromatic nitrogens is 2. The minimum atomic E-state index is -0.111. The summed E-state index contributed by atoms with van der Waals surface area (Å²) in [6, 6.07) is 16.0. The lowest BCUT2D eigenvalue weighted by molar-refractivity contribution is -0.144. The number of carbonyl (C=O) groups excluding carboxylic acids is 1. The van der Waals surface area contributed by atoms with Crippen molar-refractivity contribution < 1.29 is 14.3 Å². The summed E-state index contributed by atoms with van der Waals surface area (Å²) in [5.41, 5.74) is 4.11. The number of benzene rings is 2. The fraction of sp³-hybridized carbons (Fsp3) is 0.292. The molecule has 0 amide bonds. The van der Waals surface area contributed by atoms with E-state index in [0.29, 0.717) is 5.95 Å². The first-order valence-electron chi connectivity index (χ1n) is 10.3. The smallest absolute Gasteiger partial charge is 0.310 e. The maximum atomic E-state index is 11.7. The first-order valence-corrected chi connectivity index (χ1v) is 10.3. The molecule has 0 saturated carbocycles. The zero-order valence-corrected chi connectivity index (χ0v) is 17.7. The molecule has 3 aromatic rings. The molecule has 1 aromatic heterocycles. The number of carbonyl (C=O) groups is 1. The zero-order chi connectivity index (χ0) is 21.6. The van der Waals surface area contributed by atoms with Crippen molar-refractivity contribution in [1.82, 2.24) is 14.9 Å². The summed E-state index contributed by atoms with van der Waals surface area (Å²) < 4.78 is 10.0. The number of likely N-dealkylation sites (tertiary alicyclic amines) is 1. The Balaban J connectivity index is 1.33. The van der Waals surface area contributed by atoms with E-state index in [0.717, 1.165) is 48.6 Å². The Labute approximate surface area is 182 Å². The Morgan fingerprint density at radius 2 is 1.74 bits per heavy atom. The predicted molar refractivity (Wildman–Crippen MR) is 119 cm³/mol. The second-order valence-electron chi connectivity index (χ2n) is 7.59. The molecule has 0 radical (unpaired) electrons. The molecule has 1 saturated heterocycles. The van der Waals surface area contributed by atoms with Gasteiger partial charge >= 0.3 is 5.97 Å². The van der Waals surface area contributed by atoms with Gasteiger partial charge in [-0.2, -0.15) is 0 Å². The highest BCUT2D eigenvalue weighted by molar-refractivity contribution is 5.72. The Morgan fingerprint density at radius 1 is 1.03 bits per heavy atom. The van der Waals surface area contributed by atoms with E-state index in [9.17, 15) is 4.79 Å². The van der Waals surface area contributed by atoms with Gasteiger partial charge in [0, 0.05) is 36.7 Å². The highest BCUT2D eigenvalue weighted by Crippen LogP contribution is 2.23. The summed E-state index contributed by atoms with van der Waals surface area (Å²) in [4.78, 5) is 22.8. The molecule has 1 unspecified atom stereocenters. The van der Waals surface area contributed by atoms with Crippen LogP contribution >= 0.6 is 0 Å². The molecule has 1 aliphatic heterocycles. The molecule has 2 aromatic carbocycles. The average molecular weight is 418 g/mol. The second kappa shape index (κ2) is 9.57. The topological polar surface area (TPSA) is 76.6 Å². The van der Waals surface area contributed by atoms with Crippen LogP contribution in [0.4, 0.5) is 11.6 Å². The number of anilines is 2. The van der Waals surface area contributed by atoms with Crippen molar-refractivity contribution in [3.8, 4) is 16.9 Å². The molecule has 1 N–H and O–H groups in total. The van der Waals surface area contributed by atoms with Crippen LogP contribution in [-0.2, 0) is 16.1 Å². The number of nitrogens with zero attached hydrogens (tertiary/aromatic N) is 3. The SMILES string of the molecule is COC(=O)C1CCN(Cc2ccc(Nc3ncc(-c4ccc(OC)cc4)cn3)cc2)C1. The standard InChI is InChI=1S/C24H26N4O3/c1-30-22-9-5-18(6-10-22)20-13-25-24(26-14-20)27-21-7-3-17(4-8-21)15-28-12-11-19(16-28)23(29)31-2/h3-10,13-14,19H,11-12,15-16H2,1-2H3,(H,25,26,27). The molecule has 7 nitrogen and oxygen atoms in total. The summed E-state index contributed by atoms with van der Waals surface area (Å²) in [6.45, 7) is 2.48. The van der Waals surface area contributed by atoms with Crippen LogP contribution in [0.15, 0.2) is 60.9 Å². The van der Waals surface area contributed by atoms with Crippen molar-refractivity contribution in [2.24, 2.45) is 5.92 Å². The summed E-state index contributed by atoms with van der Waals surface area (Å²) in [7, 11) is 3.10. The lowest BCUT2D eigenvalue weighted by Crippen LogP contribution is -2.23. The molecule has 1 atom stereocenters. The molecule has 31 heavy (non-hydrogen) atoms. The number of hydrogen-bond donors (Lipinski definition) is 1. The van der Waals surface area contributed by atoms with Crippen molar-refractivity contribution in [1.29, 1.82) is 0 Å². The highest BCUT2D eigenvalue weighted by atomic mass is 16.5. The van der Waals surface area contributed by atoms with Gasteiger partial charge in [-0.25, -0.2) is 9.97 Å². The minimum absolute atomic E-state index is 0.0102. The van der Waals surface area contributed by atoms with Gasteiger partial charge in [0.15, 0.2) is 0 Å². The third kappa shape index (κ3) is 5.19. The van der Waals surface area contributed by atoms with Gasteiger partial charge in [-0.05, 0) is 48.4 Å². The Kier molecular flexibility index (Phi) is 6.43. The minimum Gasteiger partial charge on any atom is -0.497 e. The van der Waals surface area contributed by atoms with Gasteiger partial charge in [0.2, 0.25) is 5.95 Å². The largest absolute Gasteiger partial charge is 0.497 e. The first-order chi connectivity index (χ1) is 15.1. The summed E-state index contributed by atoms with van der Waals surface area (Å²) >= 11 is 0. The van der Waals surface area contributed by atoms with Gasteiger partial charge in [-0.15, -0.1) is 0 Å². The Hall–Kier alpha value is -3.45. The van der Waals surface area contributed by atoms with Crippen molar-refractivity contribution in [2.75, 3.05) is 32.6 Å². The molecule has 0 bridgehead atoms. The van der Waals surface area contributed by atoms with Crippen LogP contribution in [0.5, 0.6) is 5.75 Å². The van der Waals surface area contributed by atoms with E-state index in [1.54, 1.807) is 19.5 Å². The van der Waals surface area contributed by atoms with Crippen LogP contribution in [0.25, 0.3) is 11.1 Å². The van der Waals surface area contributed by atoms with E-state index in [4.69, 9.17) is 9.47 Å². The van der Waals surface area contributed by atoms with E-state index >= 15 is 0 Å². The highest BCUT2D eigenvalue weighted by Gasteiger charge is 2.28. The van der Waals surface area contributed by atoms with E-state index in [1.807, 2.05) is 36.4 Å². The summed E-state index contributed by atoms with van der Waals surface area (Å²) in [5.74, 6) is 1.24. The van der Waals surface area contributed by atoms with Crippen LogP contribution in [0, 0.1) is 5.92 Å². The number of esters is 1. The van der Waals surface area contributed by atoms with Gasteiger partial charge in [-0.1, -0.05) is 24.3 Å². The molecular weight excluding hydrogens is 392 g/mol. The first kappa shape index (κ1) is 20.8. The second-order valence-corrected chi connectivity index (χ2v) is 7.59. The molecule has 2 heterocycles. The van der Waals surface area contributed by atoms with Crippen LogP contribution < -0.4 is 10.1 Å². The van der Waals surface area contributed by atoms with E-state index in [2.05, 4.69) is 32.3 Å². The van der Waals surface area contributed by atoms with Gasteiger partial charge in [0.05, 0.1) is 20.1 Å². The Bertz CT molecular complexity index is 1000. The monoisotopic (exact) mass is 418 g/mol. The number of nitrogens with one attached hydrogen (secondary N) is 1. The number of rotatable bonds is 7. The van der Waals surface area contributed by atoms with Crippen LogP contribution in [0.2, 0.25) is 0 Å². The molecular formula is C24H26N4O3. The maximum absolute atomic E-state index is 11.7. The van der Waals surface area contributed by atoms with Gasteiger partial charge in [0.1, 0.15) is 5.75 Å². The third-order valence-electron chi connectivity index (χ3n) is 5.50. The van der Waals surface area contributed by atoms with Crippen molar-refractivity contribution >= 4 is 17.6 Å². The van der Waals surface area contributed by atoms with Crippen LogP contribution in [-0.4, -0.2) is 48.1 Å². The third-order valence-corrected chi connectivity index (χ3v) is 5.50. The predicted octanol–water partition coefficient (Wildman–Crippen LogP) is 3.89. The molecule has 4 rings (SSSR count). The zero-order valence-electron chi connectivity index (χ0n) is 17.7. The maximum Gasteiger partial charge on any atom is 0.310 e. The number of ether oxygens (including phenoxy) is 2. The van der Waals surface area contributed by atoms with Crippen LogP contribution in [0.3, 0.4) is 0 Å². The molecule has 160 valence electrons. The van der Waals surface area contributed by atoms with E-state index < -0.39 is 0 Å². The molecule has 1 fully saturated rings. The van der Waals surface area contributed by atoms with Crippen LogP contribution in [0.1, 0.15) is 12.0 Å². The average Bonchev–Trinajstić information content (AvgIpc) is 3.29. The molecule has 0 aliphatic carbocycles. The Morgan fingerprint density at radius 3 is 2.39 bits per heavy atom. The number of methoxy groups -OCH3 is 2. The van der Waals surface area contributed by atoms with Crippen molar-refractivity contribution in [2.45, 2.75) is 13.0 Å². The normalized spacial score (nSPS) is 16.1. The fourth-order valence-corrected chi connectivity index (χ4v) is 3.74. The molecule has 0 spiro atoms. The lowest BCUT2D eigenvalue weighted by Gasteiger charge is -2.16. The van der Waals surface area contributed by atoms with Gasteiger partial charge in [0.25, 0.3) is 0 Å².